The number of amides is 1. The number of carbonyl (C=O) groups excluding carboxylic acids is 1. The maximum Gasteiger partial charge on any atom is 0.277 e. The van der Waals surface area contributed by atoms with Crippen molar-refractivity contribution in [1.82, 2.24) is 9.99 Å². The van der Waals surface area contributed by atoms with Gasteiger partial charge < -0.3 is 9.30 Å². The summed E-state index contributed by atoms with van der Waals surface area (Å²) >= 11 is 18.1. The number of hydrogen-bond acceptors (Lipinski definition) is 3. The minimum Gasteiger partial charge on any atom is -0.484 e. The Morgan fingerprint density at radius 2 is 1.69 bits per heavy atom. The molecule has 0 aliphatic rings. The van der Waals surface area contributed by atoms with Crippen molar-refractivity contribution in [3.05, 3.63) is 80.6 Å². The first-order valence-electron chi connectivity index (χ1n) is 8.69. The third-order valence-electron chi connectivity index (χ3n) is 4.15. The predicted molar refractivity (Wildman–Crippen MR) is 118 cm³/mol. The van der Waals surface area contributed by atoms with E-state index >= 15 is 0 Å². The molecule has 0 saturated heterocycles. The Labute approximate surface area is 183 Å². The standard InChI is InChI=1S/C21H18Cl3N3O2/c1-13-7-15(14(2)27(13)19-9-17(23)8-18(24)10-19)11-25-26-21(28)12-29-20-5-3-16(22)4-6-20/h3-11H,12H2,1-2H3,(H,26,28)/b25-11-. The highest BCUT2D eigenvalue weighted by Gasteiger charge is 2.11. The van der Waals surface area contributed by atoms with Crippen LogP contribution in [0.4, 0.5) is 0 Å². The molecular formula is C21H18Cl3N3O2. The van der Waals surface area contributed by atoms with Gasteiger partial charge in [0.05, 0.1) is 6.21 Å². The number of rotatable bonds is 6. The van der Waals surface area contributed by atoms with Gasteiger partial charge in [-0.1, -0.05) is 34.8 Å². The van der Waals surface area contributed by atoms with Gasteiger partial charge in [-0.25, -0.2) is 5.43 Å². The fourth-order valence-corrected chi connectivity index (χ4v) is 3.51. The fraction of sp³-hybridized carbons (Fsp3) is 0.143. The van der Waals surface area contributed by atoms with E-state index in [4.69, 9.17) is 39.5 Å². The summed E-state index contributed by atoms with van der Waals surface area (Å²) in [5.41, 5.74) is 6.10. The fourth-order valence-electron chi connectivity index (χ4n) is 2.87. The zero-order valence-electron chi connectivity index (χ0n) is 15.7. The van der Waals surface area contributed by atoms with Crippen molar-refractivity contribution >= 4 is 46.9 Å². The van der Waals surface area contributed by atoms with E-state index in [9.17, 15) is 4.79 Å². The molecule has 0 atom stereocenters. The van der Waals surface area contributed by atoms with E-state index in [2.05, 4.69) is 10.5 Å². The lowest BCUT2D eigenvalue weighted by molar-refractivity contribution is -0.123. The van der Waals surface area contributed by atoms with Crippen molar-refractivity contribution in [3.63, 3.8) is 0 Å². The first-order valence-corrected chi connectivity index (χ1v) is 9.82. The Morgan fingerprint density at radius 3 is 2.34 bits per heavy atom. The molecule has 1 amide bonds. The highest BCUT2D eigenvalue weighted by Crippen LogP contribution is 2.26. The van der Waals surface area contributed by atoms with E-state index in [1.165, 1.54) is 0 Å². The molecule has 1 aromatic heterocycles. The third-order valence-corrected chi connectivity index (χ3v) is 4.84. The average molecular weight is 451 g/mol. The second-order valence-corrected chi connectivity index (χ2v) is 7.63. The molecule has 0 fully saturated rings. The first-order chi connectivity index (χ1) is 13.8. The van der Waals surface area contributed by atoms with E-state index in [1.54, 1.807) is 36.5 Å². The Balaban J connectivity index is 1.65. The number of benzene rings is 2. The maximum absolute atomic E-state index is 11.9. The van der Waals surface area contributed by atoms with Crippen LogP contribution in [0.1, 0.15) is 17.0 Å². The number of hydrazone groups is 1. The van der Waals surface area contributed by atoms with Gasteiger partial charge in [-0.2, -0.15) is 5.10 Å². The van der Waals surface area contributed by atoms with Gasteiger partial charge in [0.2, 0.25) is 0 Å². The van der Waals surface area contributed by atoms with Crippen LogP contribution in [0.25, 0.3) is 5.69 Å². The SMILES string of the molecule is Cc1cc(/C=N\NC(=O)COc2ccc(Cl)cc2)c(C)n1-c1cc(Cl)cc(Cl)c1. The normalized spacial score (nSPS) is 11.1. The molecule has 0 saturated carbocycles. The van der Waals surface area contributed by atoms with Crippen molar-refractivity contribution in [2.75, 3.05) is 6.61 Å². The van der Waals surface area contributed by atoms with E-state index in [1.807, 2.05) is 36.6 Å². The van der Waals surface area contributed by atoms with Crippen LogP contribution in [0.5, 0.6) is 5.75 Å². The second kappa shape index (κ2) is 9.35. The van der Waals surface area contributed by atoms with Crippen LogP contribution >= 0.6 is 34.8 Å². The van der Waals surface area contributed by atoms with Gasteiger partial charge in [-0.3, -0.25) is 4.79 Å². The van der Waals surface area contributed by atoms with Gasteiger partial charge >= 0.3 is 0 Å². The van der Waals surface area contributed by atoms with E-state index in [0.717, 1.165) is 22.6 Å². The molecule has 0 aliphatic carbocycles. The van der Waals surface area contributed by atoms with E-state index in [0.29, 0.717) is 20.8 Å². The molecule has 8 heteroatoms. The molecular weight excluding hydrogens is 433 g/mol. The van der Waals surface area contributed by atoms with Crippen LogP contribution in [0.3, 0.4) is 0 Å². The number of ether oxygens (including phenoxy) is 1. The molecule has 1 heterocycles. The number of nitrogens with one attached hydrogen (secondary N) is 1. The molecule has 3 rings (SSSR count). The minimum atomic E-state index is -0.369. The molecule has 3 aromatic rings. The number of aryl methyl sites for hydroxylation is 1. The number of halogens is 3. The first kappa shape index (κ1) is 21.2. The topological polar surface area (TPSA) is 55.6 Å². The zero-order valence-corrected chi connectivity index (χ0v) is 18.0. The summed E-state index contributed by atoms with van der Waals surface area (Å²) < 4.78 is 7.40. The summed E-state index contributed by atoms with van der Waals surface area (Å²) in [4.78, 5) is 11.9. The minimum absolute atomic E-state index is 0.154. The Kier molecular flexibility index (Phi) is 6.85. The molecule has 5 nitrogen and oxygen atoms in total. The number of hydrogen-bond donors (Lipinski definition) is 1. The Hall–Kier alpha value is -2.47. The van der Waals surface area contributed by atoms with Crippen molar-refractivity contribution in [1.29, 1.82) is 0 Å². The second-order valence-electron chi connectivity index (χ2n) is 6.33. The number of carbonyl (C=O) groups is 1. The smallest absolute Gasteiger partial charge is 0.277 e. The molecule has 0 aliphatic heterocycles. The van der Waals surface area contributed by atoms with Gasteiger partial charge in [0.25, 0.3) is 5.91 Å². The van der Waals surface area contributed by atoms with Gasteiger partial charge in [0, 0.05) is 37.7 Å². The van der Waals surface area contributed by atoms with E-state index in [-0.39, 0.29) is 12.5 Å². The van der Waals surface area contributed by atoms with Gasteiger partial charge in [0.15, 0.2) is 6.61 Å². The van der Waals surface area contributed by atoms with Crippen LogP contribution in [0.2, 0.25) is 15.1 Å². The summed E-state index contributed by atoms with van der Waals surface area (Å²) in [6.45, 7) is 3.77. The van der Waals surface area contributed by atoms with Crippen molar-refractivity contribution < 1.29 is 9.53 Å². The number of aromatic nitrogens is 1. The molecule has 29 heavy (non-hydrogen) atoms. The maximum atomic E-state index is 11.9. The van der Waals surface area contributed by atoms with Crippen LogP contribution < -0.4 is 10.2 Å². The molecule has 150 valence electrons. The predicted octanol–water partition coefficient (Wildman–Crippen LogP) is 5.58. The summed E-state index contributed by atoms with van der Waals surface area (Å²) in [5.74, 6) is 0.184. The summed E-state index contributed by atoms with van der Waals surface area (Å²) in [7, 11) is 0. The largest absolute Gasteiger partial charge is 0.484 e. The van der Waals surface area contributed by atoms with Crippen LogP contribution in [0.15, 0.2) is 53.6 Å². The molecule has 1 N–H and O–H groups in total. The highest BCUT2D eigenvalue weighted by molar-refractivity contribution is 6.34. The molecule has 0 unspecified atom stereocenters. The van der Waals surface area contributed by atoms with Crippen LogP contribution in [-0.2, 0) is 4.79 Å². The quantitative estimate of drug-likeness (QED) is 0.393. The van der Waals surface area contributed by atoms with Gasteiger partial charge in [0.1, 0.15) is 5.75 Å². The summed E-state index contributed by atoms with van der Waals surface area (Å²) in [5, 5.41) is 5.74. The van der Waals surface area contributed by atoms with Crippen LogP contribution in [0, 0.1) is 13.8 Å². The lowest BCUT2D eigenvalue weighted by Crippen LogP contribution is -2.24. The summed E-state index contributed by atoms with van der Waals surface area (Å²) in [6, 6.07) is 14.1. The number of nitrogens with zero attached hydrogens (tertiary/aromatic N) is 2. The lowest BCUT2D eigenvalue weighted by atomic mass is 10.2. The Morgan fingerprint density at radius 1 is 1.03 bits per heavy atom. The van der Waals surface area contributed by atoms with Gasteiger partial charge in [-0.15, -0.1) is 0 Å². The van der Waals surface area contributed by atoms with Crippen molar-refractivity contribution in [2.45, 2.75) is 13.8 Å². The average Bonchev–Trinajstić information content (AvgIpc) is 2.94. The Bertz CT molecular complexity index is 1040. The van der Waals surface area contributed by atoms with Gasteiger partial charge in [-0.05, 0) is 62.4 Å². The van der Waals surface area contributed by atoms with E-state index < -0.39 is 0 Å². The molecule has 0 radical (unpaired) electrons. The molecule has 0 spiro atoms. The zero-order chi connectivity index (χ0) is 21.0. The monoisotopic (exact) mass is 449 g/mol. The summed E-state index contributed by atoms with van der Waals surface area (Å²) in [6.07, 6.45) is 1.59. The van der Waals surface area contributed by atoms with Crippen LogP contribution in [-0.4, -0.2) is 23.3 Å². The van der Waals surface area contributed by atoms with Crippen molar-refractivity contribution in [2.24, 2.45) is 5.10 Å². The molecule has 0 bridgehead atoms. The lowest BCUT2D eigenvalue weighted by Gasteiger charge is -2.10. The van der Waals surface area contributed by atoms with Crippen molar-refractivity contribution in [3.8, 4) is 11.4 Å². The molecule has 2 aromatic carbocycles. The third kappa shape index (κ3) is 5.54. The highest BCUT2D eigenvalue weighted by atomic mass is 35.5.